The third-order valence-corrected chi connectivity index (χ3v) is 4.40. The number of hydrogen-bond acceptors (Lipinski definition) is 3. The smallest absolute Gasteiger partial charge is 0.219 e. The average Bonchev–Trinajstić information content (AvgIpc) is 3.04. The molecule has 0 spiro atoms. The SMILES string of the molecule is CCNC(=NCCc1cn2ccccc2n1)N1CCN(C(C)=O)CC1. The van der Waals surface area contributed by atoms with Crippen LogP contribution in [0.4, 0.5) is 0 Å². The Balaban J connectivity index is 1.59. The van der Waals surface area contributed by atoms with Gasteiger partial charge < -0.3 is 19.5 Å². The fourth-order valence-corrected chi connectivity index (χ4v) is 3.04. The van der Waals surface area contributed by atoms with Crippen LogP contribution in [0.25, 0.3) is 5.65 Å². The van der Waals surface area contributed by atoms with E-state index in [9.17, 15) is 4.79 Å². The molecule has 134 valence electrons. The third-order valence-electron chi connectivity index (χ3n) is 4.40. The van der Waals surface area contributed by atoms with Crippen molar-refractivity contribution in [2.75, 3.05) is 39.3 Å². The van der Waals surface area contributed by atoms with Crippen molar-refractivity contribution in [3.05, 3.63) is 36.3 Å². The first-order valence-electron chi connectivity index (χ1n) is 8.88. The van der Waals surface area contributed by atoms with E-state index in [4.69, 9.17) is 4.99 Å². The topological polar surface area (TPSA) is 65.2 Å². The van der Waals surface area contributed by atoms with Crippen LogP contribution in [0, 0.1) is 0 Å². The number of fused-ring (bicyclic) bond motifs is 1. The molecule has 1 aliphatic heterocycles. The Kier molecular flexibility index (Phi) is 5.53. The molecule has 7 nitrogen and oxygen atoms in total. The lowest BCUT2D eigenvalue weighted by Crippen LogP contribution is -2.53. The molecule has 3 rings (SSSR count). The lowest BCUT2D eigenvalue weighted by atomic mass is 10.3. The van der Waals surface area contributed by atoms with E-state index in [2.05, 4.69) is 28.3 Å². The van der Waals surface area contributed by atoms with Crippen LogP contribution in [0.2, 0.25) is 0 Å². The van der Waals surface area contributed by atoms with Crippen LogP contribution in [0.5, 0.6) is 0 Å². The summed E-state index contributed by atoms with van der Waals surface area (Å²) in [6.45, 7) is 8.38. The van der Waals surface area contributed by atoms with E-state index in [0.717, 1.165) is 56.4 Å². The molecule has 0 aliphatic carbocycles. The predicted octanol–water partition coefficient (Wildman–Crippen LogP) is 1.01. The number of nitrogens with one attached hydrogen (secondary N) is 1. The quantitative estimate of drug-likeness (QED) is 0.665. The van der Waals surface area contributed by atoms with E-state index >= 15 is 0 Å². The summed E-state index contributed by atoms with van der Waals surface area (Å²) >= 11 is 0. The molecule has 0 unspecified atom stereocenters. The number of carbonyl (C=O) groups is 1. The van der Waals surface area contributed by atoms with Crippen LogP contribution in [0.15, 0.2) is 35.6 Å². The van der Waals surface area contributed by atoms with Crippen molar-refractivity contribution in [2.24, 2.45) is 4.99 Å². The Bertz CT molecular complexity index is 712. The predicted molar refractivity (Wildman–Crippen MR) is 98.7 cm³/mol. The molecule has 1 amide bonds. The fraction of sp³-hybridized carbons (Fsp3) is 0.500. The summed E-state index contributed by atoms with van der Waals surface area (Å²) in [7, 11) is 0. The van der Waals surface area contributed by atoms with E-state index < -0.39 is 0 Å². The summed E-state index contributed by atoms with van der Waals surface area (Å²) in [5.74, 6) is 1.07. The first-order valence-corrected chi connectivity index (χ1v) is 8.88. The molecular weight excluding hydrogens is 316 g/mol. The molecule has 0 saturated carbocycles. The van der Waals surface area contributed by atoms with Gasteiger partial charge in [-0.15, -0.1) is 0 Å². The van der Waals surface area contributed by atoms with Crippen LogP contribution in [0.3, 0.4) is 0 Å². The maximum atomic E-state index is 11.5. The number of carbonyl (C=O) groups excluding carboxylic acids is 1. The number of piperazine rings is 1. The summed E-state index contributed by atoms with van der Waals surface area (Å²) < 4.78 is 2.03. The molecule has 0 aromatic carbocycles. The zero-order valence-electron chi connectivity index (χ0n) is 15.0. The number of rotatable bonds is 4. The van der Waals surface area contributed by atoms with Crippen molar-refractivity contribution in [3.8, 4) is 0 Å². The molecule has 1 N–H and O–H groups in total. The van der Waals surface area contributed by atoms with Gasteiger partial charge in [0.1, 0.15) is 5.65 Å². The van der Waals surface area contributed by atoms with Gasteiger partial charge in [0.2, 0.25) is 5.91 Å². The van der Waals surface area contributed by atoms with Crippen LogP contribution in [-0.2, 0) is 11.2 Å². The van der Waals surface area contributed by atoms with Crippen molar-refractivity contribution >= 4 is 17.5 Å². The minimum absolute atomic E-state index is 0.147. The third kappa shape index (κ3) is 4.29. The molecule has 0 atom stereocenters. The molecule has 25 heavy (non-hydrogen) atoms. The van der Waals surface area contributed by atoms with Crippen molar-refractivity contribution in [1.29, 1.82) is 0 Å². The van der Waals surface area contributed by atoms with Gasteiger partial charge in [-0.25, -0.2) is 4.98 Å². The van der Waals surface area contributed by atoms with E-state index in [1.807, 2.05) is 33.7 Å². The van der Waals surface area contributed by atoms with Gasteiger partial charge in [0.05, 0.1) is 5.69 Å². The first kappa shape index (κ1) is 17.3. The maximum absolute atomic E-state index is 11.5. The van der Waals surface area contributed by atoms with Crippen molar-refractivity contribution < 1.29 is 4.79 Å². The van der Waals surface area contributed by atoms with Gasteiger partial charge in [0, 0.05) is 65.0 Å². The van der Waals surface area contributed by atoms with Crippen LogP contribution in [-0.4, -0.2) is 70.3 Å². The zero-order valence-corrected chi connectivity index (χ0v) is 15.0. The molecule has 2 aromatic heterocycles. The first-order chi connectivity index (χ1) is 12.2. The average molecular weight is 342 g/mol. The maximum Gasteiger partial charge on any atom is 0.219 e. The highest BCUT2D eigenvalue weighted by molar-refractivity contribution is 5.80. The second-order valence-corrected chi connectivity index (χ2v) is 6.18. The minimum atomic E-state index is 0.147. The van der Waals surface area contributed by atoms with Gasteiger partial charge in [-0.3, -0.25) is 9.79 Å². The Hall–Kier alpha value is -2.57. The van der Waals surface area contributed by atoms with Crippen LogP contribution >= 0.6 is 0 Å². The fourth-order valence-electron chi connectivity index (χ4n) is 3.04. The van der Waals surface area contributed by atoms with Gasteiger partial charge in [-0.05, 0) is 19.1 Å². The molecule has 0 radical (unpaired) electrons. The summed E-state index contributed by atoms with van der Waals surface area (Å²) in [5.41, 5.74) is 2.01. The second kappa shape index (κ2) is 8.00. The molecule has 1 aliphatic rings. The molecule has 1 saturated heterocycles. The molecule has 2 aromatic rings. The number of aliphatic imine (C=N–C) groups is 1. The molecule has 3 heterocycles. The highest BCUT2D eigenvalue weighted by Gasteiger charge is 2.20. The number of imidazole rings is 1. The van der Waals surface area contributed by atoms with Crippen LogP contribution < -0.4 is 5.32 Å². The standard InChI is InChI=1S/C18H26N6O/c1-3-19-18(23-12-10-22(11-13-23)15(2)25)20-8-7-16-14-24-9-5-4-6-17(24)21-16/h4-6,9,14H,3,7-8,10-13H2,1-2H3,(H,19,20). The number of guanidine groups is 1. The van der Waals surface area contributed by atoms with Gasteiger partial charge >= 0.3 is 0 Å². The summed E-state index contributed by atoms with van der Waals surface area (Å²) in [6.07, 6.45) is 4.88. The Morgan fingerprint density at radius 3 is 2.68 bits per heavy atom. The summed E-state index contributed by atoms with van der Waals surface area (Å²) in [6, 6.07) is 6.00. The number of aromatic nitrogens is 2. The van der Waals surface area contributed by atoms with Crippen molar-refractivity contribution in [2.45, 2.75) is 20.3 Å². The minimum Gasteiger partial charge on any atom is -0.357 e. The van der Waals surface area contributed by atoms with Gasteiger partial charge in [0.25, 0.3) is 0 Å². The van der Waals surface area contributed by atoms with E-state index in [0.29, 0.717) is 6.54 Å². The van der Waals surface area contributed by atoms with Gasteiger partial charge in [0.15, 0.2) is 5.96 Å². The lowest BCUT2D eigenvalue weighted by molar-refractivity contribution is -0.130. The molecular formula is C18H26N6O. The Morgan fingerprint density at radius 2 is 2.00 bits per heavy atom. The van der Waals surface area contributed by atoms with Crippen LogP contribution in [0.1, 0.15) is 19.5 Å². The number of pyridine rings is 1. The number of nitrogens with zero attached hydrogens (tertiary/aromatic N) is 5. The van der Waals surface area contributed by atoms with E-state index in [1.54, 1.807) is 6.92 Å². The van der Waals surface area contributed by atoms with Gasteiger partial charge in [-0.1, -0.05) is 6.07 Å². The van der Waals surface area contributed by atoms with E-state index in [-0.39, 0.29) is 5.91 Å². The summed E-state index contributed by atoms with van der Waals surface area (Å²) in [4.78, 5) is 24.9. The van der Waals surface area contributed by atoms with Crippen molar-refractivity contribution in [1.82, 2.24) is 24.5 Å². The molecule has 1 fully saturated rings. The highest BCUT2D eigenvalue weighted by Crippen LogP contribution is 2.06. The number of amides is 1. The zero-order chi connectivity index (χ0) is 17.6. The summed E-state index contributed by atoms with van der Waals surface area (Å²) in [5, 5.41) is 3.36. The molecule has 0 bridgehead atoms. The number of hydrogen-bond donors (Lipinski definition) is 1. The Morgan fingerprint density at radius 1 is 1.24 bits per heavy atom. The Labute approximate surface area is 148 Å². The highest BCUT2D eigenvalue weighted by atomic mass is 16.2. The monoisotopic (exact) mass is 342 g/mol. The lowest BCUT2D eigenvalue weighted by Gasteiger charge is -2.36. The van der Waals surface area contributed by atoms with Gasteiger partial charge in [-0.2, -0.15) is 0 Å². The normalized spacial score (nSPS) is 15.7. The second-order valence-electron chi connectivity index (χ2n) is 6.18. The molecule has 7 heteroatoms. The van der Waals surface area contributed by atoms with Crippen molar-refractivity contribution in [3.63, 3.8) is 0 Å². The largest absolute Gasteiger partial charge is 0.357 e. The van der Waals surface area contributed by atoms with E-state index in [1.165, 1.54) is 0 Å².